The van der Waals surface area contributed by atoms with Gasteiger partial charge in [0.25, 0.3) is 0 Å². The third kappa shape index (κ3) is 3.45. The van der Waals surface area contributed by atoms with Crippen molar-refractivity contribution >= 4 is 28.4 Å². The second-order valence-electron chi connectivity index (χ2n) is 8.01. The lowest BCUT2D eigenvalue weighted by molar-refractivity contribution is -0.149. The van der Waals surface area contributed by atoms with Crippen LogP contribution in [0.1, 0.15) is 55.5 Å². The van der Waals surface area contributed by atoms with E-state index in [1.165, 1.54) is 0 Å². The summed E-state index contributed by atoms with van der Waals surface area (Å²) in [4.78, 5) is 29.1. The number of benzene rings is 1. The third-order valence-electron chi connectivity index (χ3n) is 6.12. The summed E-state index contributed by atoms with van der Waals surface area (Å²) in [6.45, 7) is 3.93. The zero-order valence-electron chi connectivity index (χ0n) is 16.9. The predicted molar refractivity (Wildman–Crippen MR) is 110 cm³/mol. The van der Waals surface area contributed by atoms with Gasteiger partial charge in [-0.1, -0.05) is 31.4 Å². The van der Waals surface area contributed by atoms with Gasteiger partial charge in [0.1, 0.15) is 5.54 Å². The van der Waals surface area contributed by atoms with Crippen LogP contribution in [-0.2, 0) is 16.0 Å². The smallest absolute Gasteiger partial charge is 0.329 e. The minimum absolute atomic E-state index is 0.223. The molecule has 4 rings (SSSR count). The average molecular weight is 394 g/mol. The average Bonchev–Trinajstić information content (AvgIpc) is 3.07. The molecule has 2 N–H and O–H groups in total. The van der Waals surface area contributed by atoms with Crippen molar-refractivity contribution in [2.24, 2.45) is 0 Å². The van der Waals surface area contributed by atoms with E-state index in [0.29, 0.717) is 19.3 Å². The molecule has 1 aromatic carbocycles. The fourth-order valence-corrected chi connectivity index (χ4v) is 4.45. The second-order valence-corrected chi connectivity index (χ2v) is 8.01. The number of nitrogens with zero attached hydrogens (tertiary/aromatic N) is 3. The molecule has 7 nitrogen and oxygen atoms in total. The van der Waals surface area contributed by atoms with Crippen molar-refractivity contribution in [1.82, 2.24) is 19.9 Å². The number of hydrogen-bond acceptors (Lipinski definition) is 4. The summed E-state index contributed by atoms with van der Waals surface area (Å²) in [7, 11) is 0. The molecule has 3 aromatic rings. The van der Waals surface area contributed by atoms with Crippen LogP contribution in [0.25, 0.3) is 16.6 Å². The second kappa shape index (κ2) is 7.46. The van der Waals surface area contributed by atoms with E-state index in [1.54, 1.807) is 0 Å². The maximum absolute atomic E-state index is 12.6. The first-order valence-corrected chi connectivity index (χ1v) is 10.2. The maximum Gasteiger partial charge on any atom is 0.329 e. The Morgan fingerprint density at radius 3 is 2.62 bits per heavy atom. The van der Waals surface area contributed by atoms with Crippen LogP contribution in [-0.4, -0.2) is 37.1 Å². The van der Waals surface area contributed by atoms with Crippen LogP contribution in [0.3, 0.4) is 0 Å². The van der Waals surface area contributed by atoms with E-state index in [1.807, 2.05) is 42.6 Å². The molecule has 1 saturated carbocycles. The Kier molecular flexibility index (Phi) is 4.98. The zero-order chi connectivity index (χ0) is 20.6. The van der Waals surface area contributed by atoms with Gasteiger partial charge in [-0.3, -0.25) is 4.79 Å². The van der Waals surface area contributed by atoms with Crippen LogP contribution in [0, 0.1) is 13.8 Å². The minimum Gasteiger partial charge on any atom is -0.480 e. The van der Waals surface area contributed by atoms with Gasteiger partial charge in [0.15, 0.2) is 5.65 Å². The number of nitrogens with one attached hydrogen (secondary N) is 1. The van der Waals surface area contributed by atoms with Crippen molar-refractivity contribution in [2.75, 3.05) is 0 Å². The highest BCUT2D eigenvalue weighted by Gasteiger charge is 2.40. The number of amides is 1. The molecule has 0 bridgehead atoms. The molecule has 1 aliphatic carbocycles. The monoisotopic (exact) mass is 394 g/mol. The summed E-state index contributed by atoms with van der Waals surface area (Å²) in [6.07, 6.45) is 4.41. The molecular formula is C22H26N4O3. The normalized spacial score (nSPS) is 16.2. The molecule has 29 heavy (non-hydrogen) atoms. The lowest BCUT2D eigenvalue weighted by Gasteiger charge is -2.34. The molecule has 1 amide bonds. The fraction of sp³-hybridized carbons (Fsp3) is 0.455. The first-order valence-electron chi connectivity index (χ1n) is 10.2. The molecule has 1 aliphatic rings. The number of aliphatic carboxylic acids is 1. The summed E-state index contributed by atoms with van der Waals surface area (Å²) < 4.78 is 1.84. The Balaban J connectivity index is 1.55. The number of rotatable bonds is 5. The summed E-state index contributed by atoms with van der Waals surface area (Å²) >= 11 is 0. The topological polar surface area (TPSA) is 96.6 Å². The number of carbonyl (C=O) groups excluding carboxylic acids is 1. The number of carboxylic acid groups (broad SMARTS) is 1. The van der Waals surface area contributed by atoms with Gasteiger partial charge in [-0.25, -0.2) is 14.3 Å². The highest BCUT2D eigenvalue weighted by Crippen LogP contribution is 2.29. The van der Waals surface area contributed by atoms with Gasteiger partial charge >= 0.3 is 5.97 Å². The van der Waals surface area contributed by atoms with E-state index < -0.39 is 11.5 Å². The molecule has 0 aliphatic heterocycles. The number of aromatic nitrogens is 3. The summed E-state index contributed by atoms with van der Waals surface area (Å²) in [5, 5.41) is 18.1. The molecule has 0 saturated heterocycles. The molecule has 0 unspecified atom stereocenters. The van der Waals surface area contributed by atoms with Crippen molar-refractivity contribution in [3.05, 3.63) is 41.2 Å². The van der Waals surface area contributed by atoms with Crippen molar-refractivity contribution in [3.8, 4) is 0 Å². The van der Waals surface area contributed by atoms with Crippen LogP contribution in [0.5, 0.6) is 0 Å². The van der Waals surface area contributed by atoms with Crippen molar-refractivity contribution in [2.45, 2.75) is 64.3 Å². The van der Waals surface area contributed by atoms with Gasteiger partial charge in [-0.15, -0.1) is 0 Å². The number of fused-ring (bicyclic) bond motifs is 3. The van der Waals surface area contributed by atoms with Crippen molar-refractivity contribution in [3.63, 3.8) is 0 Å². The molecule has 0 radical (unpaired) electrons. The molecule has 1 fully saturated rings. The minimum atomic E-state index is -1.11. The Bertz CT molecular complexity index is 1100. The van der Waals surface area contributed by atoms with Gasteiger partial charge in [-0.2, -0.15) is 5.10 Å². The molecule has 0 atom stereocenters. The lowest BCUT2D eigenvalue weighted by Crippen LogP contribution is -2.55. The number of hydrogen-bond donors (Lipinski definition) is 2. The van der Waals surface area contributed by atoms with Crippen LogP contribution in [0.2, 0.25) is 0 Å². The SMILES string of the molecule is Cc1nc2c3ccccc3nn2c(C)c1CCC(=O)NC1(C(=O)O)CCCCC1. The Labute approximate surface area is 169 Å². The first-order chi connectivity index (χ1) is 13.9. The standard InChI is InChI=1S/C22H26N4O3/c1-14-16(10-11-19(27)24-22(21(28)29)12-6-3-7-13-22)15(2)26-20(23-14)17-8-4-5-9-18(17)25-26/h4-5,8-9H,3,6-7,10-13H2,1-2H3,(H,24,27)(H,28,29). The van der Waals surface area contributed by atoms with E-state index >= 15 is 0 Å². The molecule has 152 valence electrons. The highest BCUT2D eigenvalue weighted by atomic mass is 16.4. The molecule has 0 spiro atoms. The van der Waals surface area contributed by atoms with E-state index in [-0.39, 0.29) is 12.3 Å². The van der Waals surface area contributed by atoms with Crippen LogP contribution in [0.15, 0.2) is 24.3 Å². The number of carboxylic acids is 1. The molecule has 7 heteroatoms. The lowest BCUT2D eigenvalue weighted by atomic mass is 9.81. The summed E-state index contributed by atoms with van der Waals surface area (Å²) in [5.41, 5.74) is 3.41. The van der Waals surface area contributed by atoms with E-state index in [2.05, 4.69) is 10.4 Å². The van der Waals surface area contributed by atoms with Gasteiger partial charge in [0.05, 0.1) is 5.52 Å². The third-order valence-corrected chi connectivity index (χ3v) is 6.12. The molecule has 2 aromatic heterocycles. The fourth-order valence-electron chi connectivity index (χ4n) is 4.45. The van der Waals surface area contributed by atoms with Crippen LogP contribution >= 0.6 is 0 Å². The summed E-state index contributed by atoms with van der Waals surface area (Å²) in [5.74, 6) is -1.15. The maximum atomic E-state index is 12.6. The number of aryl methyl sites for hydroxylation is 2. The number of carbonyl (C=O) groups is 2. The Morgan fingerprint density at radius 2 is 1.90 bits per heavy atom. The molecule has 2 heterocycles. The highest BCUT2D eigenvalue weighted by molar-refractivity contribution is 5.92. The van der Waals surface area contributed by atoms with Crippen LogP contribution in [0.4, 0.5) is 0 Å². The van der Waals surface area contributed by atoms with E-state index in [0.717, 1.165) is 52.8 Å². The summed E-state index contributed by atoms with van der Waals surface area (Å²) in [6, 6.07) is 7.89. The molecular weight excluding hydrogens is 368 g/mol. The van der Waals surface area contributed by atoms with E-state index in [9.17, 15) is 14.7 Å². The van der Waals surface area contributed by atoms with Gasteiger partial charge in [-0.05, 0) is 50.8 Å². The first kappa shape index (κ1) is 19.4. The Morgan fingerprint density at radius 1 is 1.17 bits per heavy atom. The van der Waals surface area contributed by atoms with E-state index in [4.69, 9.17) is 4.98 Å². The van der Waals surface area contributed by atoms with Gasteiger partial charge < -0.3 is 10.4 Å². The van der Waals surface area contributed by atoms with Crippen molar-refractivity contribution in [1.29, 1.82) is 0 Å². The predicted octanol–water partition coefficient (Wildman–Crippen LogP) is 3.34. The Hall–Kier alpha value is -2.96. The quantitative estimate of drug-likeness (QED) is 0.692. The largest absolute Gasteiger partial charge is 0.480 e. The van der Waals surface area contributed by atoms with Crippen LogP contribution < -0.4 is 5.32 Å². The van der Waals surface area contributed by atoms with Gasteiger partial charge in [0, 0.05) is 23.2 Å². The zero-order valence-corrected chi connectivity index (χ0v) is 16.9. The van der Waals surface area contributed by atoms with Crippen molar-refractivity contribution < 1.29 is 14.7 Å². The van der Waals surface area contributed by atoms with Gasteiger partial charge in [0.2, 0.25) is 5.91 Å².